The lowest BCUT2D eigenvalue weighted by molar-refractivity contribution is -0.122. The van der Waals surface area contributed by atoms with Gasteiger partial charge in [-0.2, -0.15) is 0 Å². The highest BCUT2D eigenvalue weighted by Crippen LogP contribution is 2.24. The summed E-state index contributed by atoms with van der Waals surface area (Å²) in [7, 11) is 1.65. The number of nitrogens with one attached hydrogen (secondary N) is 1. The molecule has 1 aliphatic heterocycles. The Morgan fingerprint density at radius 1 is 0.935 bits per heavy atom. The van der Waals surface area contributed by atoms with Gasteiger partial charge in [-0.1, -0.05) is 42.5 Å². The summed E-state index contributed by atoms with van der Waals surface area (Å²) in [4.78, 5) is 25.9. The molecule has 0 unspecified atom stereocenters. The Hall–Kier alpha value is -3.45. The van der Waals surface area contributed by atoms with Crippen LogP contribution in [0.3, 0.4) is 0 Å². The average molecular weight is 418 g/mol. The maximum absolute atomic E-state index is 12.9. The normalized spacial score (nSPS) is 15.3. The molecular weight excluding hydrogens is 390 g/mol. The summed E-state index contributed by atoms with van der Waals surface area (Å²) in [5, 5.41) is 3.22. The molecule has 1 saturated heterocycles. The van der Waals surface area contributed by atoms with Crippen LogP contribution in [0.5, 0.6) is 5.75 Å². The molecule has 31 heavy (non-hydrogen) atoms. The number of benzene rings is 2. The molecule has 1 aromatic heterocycles. The van der Waals surface area contributed by atoms with E-state index in [1.807, 2.05) is 60.7 Å². The van der Waals surface area contributed by atoms with Crippen LogP contribution in [0.2, 0.25) is 0 Å². The highest BCUT2D eigenvalue weighted by atomic mass is 16.5. The number of nitrogens with zero attached hydrogens (tertiary/aromatic N) is 4. The van der Waals surface area contributed by atoms with Crippen LogP contribution in [0.15, 0.2) is 73.1 Å². The summed E-state index contributed by atoms with van der Waals surface area (Å²) >= 11 is 0. The van der Waals surface area contributed by atoms with Crippen LogP contribution < -0.4 is 15.0 Å². The Morgan fingerprint density at radius 2 is 1.58 bits per heavy atom. The highest BCUT2D eigenvalue weighted by Gasteiger charge is 2.22. The molecule has 0 saturated carbocycles. The van der Waals surface area contributed by atoms with Crippen LogP contribution in [-0.4, -0.2) is 60.6 Å². The first kappa shape index (κ1) is 20.8. The summed E-state index contributed by atoms with van der Waals surface area (Å²) in [5.74, 6) is 1.55. The molecule has 160 valence electrons. The minimum atomic E-state index is -0.210. The maximum atomic E-state index is 12.9. The first-order valence-electron chi connectivity index (χ1n) is 10.5. The van der Waals surface area contributed by atoms with E-state index in [4.69, 9.17) is 4.74 Å². The van der Waals surface area contributed by atoms with E-state index in [0.717, 1.165) is 49.0 Å². The topological polar surface area (TPSA) is 70.6 Å². The van der Waals surface area contributed by atoms with E-state index in [1.165, 1.54) is 0 Å². The number of piperazine rings is 1. The molecular formula is C24H27N5O2. The van der Waals surface area contributed by atoms with Crippen molar-refractivity contribution in [2.75, 3.05) is 44.7 Å². The van der Waals surface area contributed by atoms with Crippen LogP contribution in [0.1, 0.15) is 17.2 Å². The second kappa shape index (κ2) is 10.0. The van der Waals surface area contributed by atoms with Crippen LogP contribution >= 0.6 is 0 Å². The van der Waals surface area contributed by atoms with Gasteiger partial charge in [-0.15, -0.1) is 0 Å². The van der Waals surface area contributed by atoms with Crippen LogP contribution in [-0.2, 0) is 4.79 Å². The molecule has 1 fully saturated rings. The lowest BCUT2D eigenvalue weighted by atomic mass is 9.98. The smallest absolute Gasteiger partial charge is 0.234 e. The standard InChI is InChI=1S/C24H27N5O2/c1-31-21-10-8-20(9-11-21)23(19-6-3-2-4-7-19)27-22(30)18-28-14-16-29(17-15-28)24-25-12-5-13-26-24/h2-13,23H,14-18H2,1H3,(H,27,30)/t23-/m1/s1. The van der Waals surface area contributed by atoms with Gasteiger partial charge in [0.1, 0.15) is 5.75 Å². The molecule has 4 rings (SSSR count). The molecule has 7 heteroatoms. The summed E-state index contributed by atoms with van der Waals surface area (Å²) in [6.07, 6.45) is 3.51. The van der Waals surface area contributed by atoms with Gasteiger partial charge in [-0.05, 0) is 29.3 Å². The monoisotopic (exact) mass is 417 g/mol. The van der Waals surface area contributed by atoms with Crippen molar-refractivity contribution >= 4 is 11.9 Å². The van der Waals surface area contributed by atoms with Crippen molar-refractivity contribution in [1.82, 2.24) is 20.2 Å². The summed E-state index contributed by atoms with van der Waals surface area (Å²) in [6, 6.07) is 19.5. The SMILES string of the molecule is COc1ccc([C@H](NC(=O)CN2CCN(c3ncccn3)CC2)c2ccccc2)cc1. The second-order valence-corrected chi connectivity index (χ2v) is 7.50. The summed E-state index contributed by atoms with van der Waals surface area (Å²) in [5.41, 5.74) is 2.07. The van der Waals surface area contributed by atoms with E-state index in [9.17, 15) is 4.79 Å². The maximum Gasteiger partial charge on any atom is 0.234 e. The second-order valence-electron chi connectivity index (χ2n) is 7.50. The number of rotatable bonds is 7. The number of anilines is 1. The zero-order chi connectivity index (χ0) is 21.5. The van der Waals surface area contributed by atoms with E-state index in [-0.39, 0.29) is 11.9 Å². The van der Waals surface area contributed by atoms with Crippen LogP contribution in [0.25, 0.3) is 0 Å². The quantitative estimate of drug-likeness (QED) is 0.637. The van der Waals surface area contributed by atoms with E-state index >= 15 is 0 Å². The number of amides is 1. The number of carbonyl (C=O) groups is 1. The average Bonchev–Trinajstić information content (AvgIpc) is 2.84. The minimum absolute atomic E-state index is 0.00841. The van der Waals surface area contributed by atoms with Crippen LogP contribution in [0, 0.1) is 0 Å². The van der Waals surface area contributed by atoms with Gasteiger partial charge in [0, 0.05) is 38.6 Å². The lowest BCUT2D eigenvalue weighted by Gasteiger charge is -2.34. The third-order valence-corrected chi connectivity index (χ3v) is 5.46. The molecule has 2 heterocycles. The van der Waals surface area contributed by atoms with Crippen molar-refractivity contribution < 1.29 is 9.53 Å². The molecule has 7 nitrogen and oxygen atoms in total. The molecule has 3 aromatic rings. The summed E-state index contributed by atoms with van der Waals surface area (Å²) < 4.78 is 5.27. The van der Waals surface area contributed by atoms with Crippen LogP contribution in [0.4, 0.5) is 5.95 Å². The third kappa shape index (κ3) is 5.38. The third-order valence-electron chi connectivity index (χ3n) is 5.46. The number of hydrogen-bond acceptors (Lipinski definition) is 6. The molecule has 0 radical (unpaired) electrons. The zero-order valence-corrected chi connectivity index (χ0v) is 17.6. The molecule has 0 aliphatic carbocycles. The van der Waals surface area contributed by atoms with Gasteiger partial charge in [0.2, 0.25) is 11.9 Å². The fourth-order valence-electron chi connectivity index (χ4n) is 3.77. The van der Waals surface area contributed by atoms with Crippen molar-refractivity contribution in [2.24, 2.45) is 0 Å². The lowest BCUT2D eigenvalue weighted by Crippen LogP contribution is -2.50. The van der Waals surface area contributed by atoms with Crippen molar-refractivity contribution in [3.63, 3.8) is 0 Å². The van der Waals surface area contributed by atoms with Crippen molar-refractivity contribution in [3.8, 4) is 5.75 Å². The van der Waals surface area contributed by atoms with E-state index in [0.29, 0.717) is 6.54 Å². The Morgan fingerprint density at radius 3 is 2.23 bits per heavy atom. The Kier molecular flexibility index (Phi) is 6.74. The van der Waals surface area contributed by atoms with Crippen molar-refractivity contribution in [1.29, 1.82) is 0 Å². The predicted octanol–water partition coefficient (Wildman–Crippen LogP) is 2.51. The van der Waals surface area contributed by atoms with E-state index < -0.39 is 0 Å². The van der Waals surface area contributed by atoms with Crippen molar-refractivity contribution in [3.05, 3.63) is 84.2 Å². The molecule has 0 spiro atoms. The molecule has 1 amide bonds. The highest BCUT2D eigenvalue weighted by molar-refractivity contribution is 5.79. The fourth-order valence-corrected chi connectivity index (χ4v) is 3.77. The number of hydrogen-bond donors (Lipinski definition) is 1. The number of carbonyl (C=O) groups excluding carboxylic acids is 1. The fraction of sp³-hybridized carbons (Fsp3) is 0.292. The number of ether oxygens (including phenoxy) is 1. The number of aromatic nitrogens is 2. The van der Waals surface area contributed by atoms with Crippen molar-refractivity contribution in [2.45, 2.75) is 6.04 Å². The minimum Gasteiger partial charge on any atom is -0.497 e. The van der Waals surface area contributed by atoms with Gasteiger partial charge in [0.15, 0.2) is 0 Å². The number of methoxy groups -OCH3 is 1. The van der Waals surface area contributed by atoms with E-state index in [2.05, 4.69) is 25.1 Å². The molecule has 0 bridgehead atoms. The van der Waals surface area contributed by atoms with Gasteiger partial charge in [0.05, 0.1) is 19.7 Å². The van der Waals surface area contributed by atoms with Gasteiger partial charge in [-0.3, -0.25) is 9.69 Å². The molecule has 1 N–H and O–H groups in total. The van der Waals surface area contributed by atoms with Gasteiger partial charge in [-0.25, -0.2) is 9.97 Å². The Balaban J connectivity index is 1.39. The Labute approximate surface area is 182 Å². The molecule has 1 atom stereocenters. The summed E-state index contributed by atoms with van der Waals surface area (Å²) in [6.45, 7) is 3.56. The van der Waals surface area contributed by atoms with E-state index in [1.54, 1.807) is 19.5 Å². The van der Waals surface area contributed by atoms with Gasteiger partial charge in [0.25, 0.3) is 0 Å². The molecule has 2 aromatic carbocycles. The first-order chi connectivity index (χ1) is 15.2. The predicted molar refractivity (Wildman–Crippen MR) is 120 cm³/mol. The Bertz CT molecular complexity index is 958. The molecule has 1 aliphatic rings. The largest absolute Gasteiger partial charge is 0.497 e. The first-order valence-corrected chi connectivity index (χ1v) is 10.5. The van der Waals surface area contributed by atoms with Gasteiger partial charge >= 0.3 is 0 Å². The zero-order valence-electron chi connectivity index (χ0n) is 17.6. The van der Waals surface area contributed by atoms with Gasteiger partial charge < -0.3 is 15.0 Å².